The molecule has 0 aliphatic heterocycles. The largest absolute Gasteiger partial charge is 0.283 e. The van der Waals surface area contributed by atoms with Crippen molar-refractivity contribution in [2.75, 3.05) is 0 Å². The van der Waals surface area contributed by atoms with Gasteiger partial charge in [-0.2, -0.15) is 5.10 Å². The molecule has 1 heterocycles. The fourth-order valence-electron chi connectivity index (χ4n) is 1.68. The molecule has 0 unspecified atom stereocenters. The second kappa shape index (κ2) is 5.75. The fraction of sp³-hybridized carbons (Fsp3) is 0.214. The van der Waals surface area contributed by atoms with Crippen LogP contribution >= 0.6 is 11.3 Å². The zero-order chi connectivity index (χ0) is 13.8. The topological polar surface area (TPSA) is 54.4 Å². The lowest BCUT2D eigenvalue weighted by Gasteiger charge is -1.99. The lowest BCUT2D eigenvalue weighted by atomic mass is 10.1. The summed E-state index contributed by atoms with van der Waals surface area (Å²) < 4.78 is 0. The molecule has 1 amide bonds. The second-order valence-electron chi connectivity index (χ2n) is 4.20. The first kappa shape index (κ1) is 13.4. The highest BCUT2D eigenvalue weighted by Gasteiger charge is 2.12. The van der Waals surface area contributed by atoms with E-state index in [1.807, 2.05) is 45.0 Å². The summed E-state index contributed by atoms with van der Waals surface area (Å²) in [6.07, 6.45) is 1.65. The standard InChI is InChI=1S/C14H15N3OS/c1-9-6-4-5-7-12(9)8-15-17-14(18)13-10(2)16-11(3)19-13/h4-8H,1-3H3,(H,17,18)/b15-8+. The number of hydrogen-bond acceptors (Lipinski definition) is 4. The number of nitrogens with one attached hydrogen (secondary N) is 1. The molecule has 0 atom stereocenters. The highest BCUT2D eigenvalue weighted by molar-refractivity contribution is 7.13. The number of carbonyl (C=O) groups excluding carboxylic acids is 1. The molecule has 0 fully saturated rings. The van der Waals surface area contributed by atoms with Gasteiger partial charge in [-0.25, -0.2) is 10.4 Å². The molecule has 0 radical (unpaired) electrons. The average molecular weight is 273 g/mol. The molecule has 1 aromatic carbocycles. The Kier molecular flexibility index (Phi) is 4.06. The van der Waals surface area contributed by atoms with Crippen molar-refractivity contribution in [2.45, 2.75) is 20.8 Å². The Morgan fingerprint density at radius 2 is 2.05 bits per heavy atom. The Morgan fingerprint density at radius 1 is 1.32 bits per heavy atom. The number of carbonyl (C=O) groups is 1. The van der Waals surface area contributed by atoms with E-state index in [-0.39, 0.29) is 5.91 Å². The fourth-order valence-corrected chi connectivity index (χ4v) is 2.49. The van der Waals surface area contributed by atoms with Crippen LogP contribution in [-0.4, -0.2) is 17.1 Å². The van der Waals surface area contributed by atoms with Gasteiger partial charge in [-0.1, -0.05) is 24.3 Å². The van der Waals surface area contributed by atoms with E-state index in [4.69, 9.17) is 0 Å². The maximum atomic E-state index is 11.9. The van der Waals surface area contributed by atoms with Gasteiger partial charge in [0.25, 0.3) is 5.91 Å². The molecule has 2 rings (SSSR count). The summed E-state index contributed by atoms with van der Waals surface area (Å²) in [4.78, 5) is 16.7. The minimum Gasteiger partial charge on any atom is -0.266 e. The van der Waals surface area contributed by atoms with E-state index in [1.54, 1.807) is 6.21 Å². The normalized spacial score (nSPS) is 10.9. The molecule has 0 spiro atoms. The molecule has 5 heteroatoms. The molecule has 98 valence electrons. The summed E-state index contributed by atoms with van der Waals surface area (Å²) in [6.45, 7) is 5.70. The number of hydrazone groups is 1. The van der Waals surface area contributed by atoms with Crippen LogP contribution in [-0.2, 0) is 0 Å². The number of amides is 1. The molecule has 19 heavy (non-hydrogen) atoms. The van der Waals surface area contributed by atoms with Gasteiger partial charge in [-0.15, -0.1) is 11.3 Å². The van der Waals surface area contributed by atoms with Crippen LogP contribution in [0.15, 0.2) is 29.4 Å². The minimum atomic E-state index is -0.215. The van der Waals surface area contributed by atoms with Gasteiger partial charge >= 0.3 is 0 Å². The van der Waals surface area contributed by atoms with Gasteiger partial charge in [0.2, 0.25) is 0 Å². The highest BCUT2D eigenvalue weighted by Crippen LogP contribution is 2.16. The number of nitrogens with zero attached hydrogens (tertiary/aromatic N) is 2. The quantitative estimate of drug-likeness (QED) is 0.690. The molecule has 0 saturated heterocycles. The van der Waals surface area contributed by atoms with Crippen molar-refractivity contribution in [3.63, 3.8) is 0 Å². The van der Waals surface area contributed by atoms with Crippen LogP contribution < -0.4 is 5.43 Å². The van der Waals surface area contributed by atoms with Gasteiger partial charge in [0.05, 0.1) is 16.9 Å². The molecule has 0 bridgehead atoms. The summed E-state index contributed by atoms with van der Waals surface area (Å²) in [5.74, 6) is -0.215. The van der Waals surface area contributed by atoms with Crippen molar-refractivity contribution in [3.05, 3.63) is 51.0 Å². The summed E-state index contributed by atoms with van der Waals surface area (Å²) in [5.41, 5.74) is 5.37. The highest BCUT2D eigenvalue weighted by atomic mass is 32.1. The number of thiazole rings is 1. The predicted molar refractivity (Wildman–Crippen MR) is 77.8 cm³/mol. The maximum Gasteiger partial charge on any atom is 0.283 e. The third-order valence-electron chi connectivity index (χ3n) is 2.67. The smallest absolute Gasteiger partial charge is 0.266 e. The third kappa shape index (κ3) is 3.26. The van der Waals surface area contributed by atoms with Crippen LogP contribution in [0.5, 0.6) is 0 Å². The Hall–Kier alpha value is -2.01. The van der Waals surface area contributed by atoms with Crippen LogP contribution in [0.4, 0.5) is 0 Å². The first-order chi connectivity index (χ1) is 9.08. The van der Waals surface area contributed by atoms with Crippen LogP contribution in [0.2, 0.25) is 0 Å². The van der Waals surface area contributed by atoms with Crippen molar-refractivity contribution in [1.29, 1.82) is 0 Å². The van der Waals surface area contributed by atoms with Gasteiger partial charge in [-0.05, 0) is 31.9 Å². The molecular weight excluding hydrogens is 258 g/mol. The lowest BCUT2D eigenvalue weighted by molar-refractivity contribution is 0.0958. The van der Waals surface area contributed by atoms with E-state index in [0.717, 1.165) is 21.8 Å². The van der Waals surface area contributed by atoms with Crippen molar-refractivity contribution < 1.29 is 4.79 Å². The molecule has 0 aliphatic rings. The summed E-state index contributed by atoms with van der Waals surface area (Å²) in [5, 5.41) is 4.86. The zero-order valence-electron chi connectivity index (χ0n) is 11.1. The molecule has 0 saturated carbocycles. The van der Waals surface area contributed by atoms with Gasteiger partial charge in [0, 0.05) is 0 Å². The molecular formula is C14H15N3OS. The molecule has 0 aliphatic carbocycles. The minimum absolute atomic E-state index is 0.215. The van der Waals surface area contributed by atoms with Crippen LogP contribution in [0.1, 0.15) is 31.5 Å². The average Bonchev–Trinajstić information content (AvgIpc) is 2.71. The van der Waals surface area contributed by atoms with E-state index in [2.05, 4.69) is 15.5 Å². The monoisotopic (exact) mass is 273 g/mol. The molecule has 2 aromatic rings. The van der Waals surface area contributed by atoms with Gasteiger partial charge in [-0.3, -0.25) is 4.79 Å². The molecule has 1 aromatic heterocycles. The first-order valence-electron chi connectivity index (χ1n) is 5.91. The van der Waals surface area contributed by atoms with E-state index in [9.17, 15) is 4.79 Å². The third-order valence-corrected chi connectivity index (χ3v) is 3.74. The van der Waals surface area contributed by atoms with Crippen molar-refractivity contribution in [2.24, 2.45) is 5.10 Å². The molecule has 1 N–H and O–H groups in total. The Balaban J connectivity index is 2.05. The van der Waals surface area contributed by atoms with E-state index >= 15 is 0 Å². The van der Waals surface area contributed by atoms with Crippen LogP contribution in [0.3, 0.4) is 0 Å². The summed E-state index contributed by atoms with van der Waals surface area (Å²) in [7, 11) is 0. The maximum absolute atomic E-state index is 11.9. The second-order valence-corrected chi connectivity index (χ2v) is 5.41. The van der Waals surface area contributed by atoms with Crippen molar-refractivity contribution in [3.8, 4) is 0 Å². The lowest BCUT2D eigenvalue weighted by Crippen LogP contribution is -2.17. The van der Waals surface area contributed by atoms with E-state index < -0.39 is 0 Å². The molecule has 4 nitrogen and oxygen atoms in total. The number of aromatic nitrogens is 1. The number of rotatable bonds is 3. The van der Waals surface area contributed by atoms with Gasteiger partial charge < -0.3 is 0 Å². The summed E-state index contributed by atoms with van der Waals surface area (Å²) in [6, 6.07) is 7.86. The van der Waals surface area contributed by atoms with Crippen molar-refractivity contribution in [1.82, 2.24) is 10.4 Å². The number of aryl methyl sites for hydroxylation is 3. The SMILES string of the molecule is Cc1nc(C)c(C(=O)N/N=C/c2ccccc2C)s1. The van der Waals surface area contributed by atoms with E-state index in [0.29, 0.717) is 4.88 Å². The zero-order valence-corrected chi connectivity index (χ0v) is 11.9. The number of hydrogen-bond donors (Lipinski definition) is 1. The Morgan fingerprint density at radius 3 is 2.68 bits per heavy atom. The Labute approximate surface area is 116 Å². The van der Waals surface area contributed by atoms with Crippen molar-refractivity contribution >= 4 is 23.5 Å². The van der Waals surface area contributed by atoms with E-state index in [1.165, 1.54) is 11.3 Å². The van der Waals surface area contributed by atoms with Crippen LogP contribution in [0.25, 0.3) is 0 Å². The number of benzene rings is 1. The van der Waals surface area contributed by atoms with Crippen LogP contribution in [0, 0.1) is 20.8 Å². The van der Waals surface area contributed by atoms with Gasteiger partial charge in [0.1, 0.15) is 4.88 Å². The predicted octanol–water partition coefficient (Wildman–Crippen LogP) is 2.83. The summed E-state index contributed by atoms with van der Waals surface area (Å²) >= 11 is 1.37. The Bertz CT molecular complexity index is 631. The first-order valence-corrected chi connectivity index (χ1v) is 6.72. The van der Waals surface area contributed by atoms with Gasteiger partial charge in [0.15, 0.2) is 0 Å².